The summed E-state index contributed by atoms with van der Waals surface area (Å²) in [7, 11) is 0. The van der Waals surface area contributed by atoms with Crippen LogP contribution in [-0.4, -0.2) is 35.4 Å². The molecule has 0 aliphatic carbocycles. The molecule has 1 heterocycles. The van der Waals surface area contributed by atoms with Crippen LogP contribution in [0.1, 0.15) is 21.5 Å². The molecule has 3 N–H and O–H groups in total. The maximum absolute atomic E-state index is 12.4. The van der Waals surface area contributed by atoms with E-state index in [2.05, 4.69) is 28.4 Å². The minimum absolute atomic E-state index is 0. The maximum Gasteiger partial charge on any atom is 0.255 e. The summed E-state index contributed by atoms with van der Waals surface area (Å²) < 4.78 is 0. The van der Waals surface area contributed by atoms with Crippen molar-refractivity contribution in [2.24, 2.45) is 0 Å². The zero-order chi connectivity index (χ0) is 16.9. The van der Waals surface area contributed by atoms with Crippen molar-refractivity contribution in [3.63, 3.8) is 0 Å². The van der Waals surface area contributed by atoms with Gasteiger partial charge < -0.3 is 11.1 Å². The molecule has 0 radical (unpaired) electrons. The Kier molecular flexibility index (Phi) is 9.30. The van der Waals surface area contributed by atoms with Crippen molar-refractivity contribution in [3.05, 3.63) is 59.2 Å². The highest BCUT2D eigenvalue weighted by molar-refractivity contribution is 7.99. The second-order valence-corrected chi connectivity index (χ2v) is 7.34. The molecule has 4 nitrogen and oxygen atoms in total. The number of hydrogen-bond acceptors (Lipinski definition) is 4. The van der Waals surface area contributed by atoms with E-state index >= 15 is 0 Å². The summed E-state index contributed by atoms with van der Waals surface area (Å²) >= 11 is 2.01. The highest BCUT2D eigenvalue weighted by atomic mass is 35.5. The van der Waals surface area contributed by atoms with Crippen LogP contribution >= 0.6 is 36.6 Å². The van der Waals surface area contributed by atoms with Crippen LogP contribution in [0.15, 0.2) is 42.5 Å². The third-order valence-electron chi connectivity index (χ3n) is 4.21. The number of carbonyl (C=O) groups excluding carboxylic acids is 1. The highest BCUT2D eigenvalue weighted by Crippen LogP contribution is 2.21. The number of thioether (sulfide) groups is 1. The topological polar surface area (TPSA) is 58.4 Å². The smallest absolute Gasteiger partial charge is 0.255 e. The van der Waals surface area contributed by atoms with Crippen molar-refractivity contribution in [2.45, 2.75) is 13.5 Å². The predicted molar refractivity (Wildman–Crippen MR) is 117 cm³/mol. The SMILES string of the molecule is Cc1ccc(CN2CCSCC2)cc1NC(=O)c1cccc(N)c1.Cl.Cl. The molecule has 1 amide bonds. The van der Waals surface area contributed by atoms with Gasteiger partial charge in [0.25, 0.3) is 5.91 Å². The number of carbonyl (C=O) groups is 1. The number of nitrogens with one attached hydrogen (secondary N) is 1. The molecule has 0 bridgehead atoms. The number of rotatable bonds is 4. The molecular formula is C19H25Cl2N3OS. The van der Waals surface area contributed by atoms with Crippen LogP contribution in [0.2, 0.25) is 0 Å². The number of amides is 1. The lowest BCUT2D eigenvalue weighted by atomic mass is 10.1. The molecule has 142 valence electrons. The van der Waals surface area contributed by atoms with Crippen molar-refractivity contribution in [3.8, 4) is 0 Å². The van der Waals surface area contributed by atoms with Crippen LogP contribution in [0.4, 0.5) is 11.4 Å². The number of halogens is 2. The van der Waals surface area contributed by atoms with E-state index in [1.807, 2.05) is 18.7 Å². The fourth-order valence-electron chi connectivity index (χ4n) is 2.79. The Bertz CT molecular complexity index is 736. The van der Waals surface area contributed by atoms with Gasteiger partial charge in [0.15, 0.2) is 0 Å². The quantitative estimate of drug-likeness (QED) is 0.736. The Hall–Kier alpha value is -1.40. The summed E-state index contributed by atoms with van der Waals surface area (Å²) in [5.74, 6) is 2.27. The molecule has 2 aromatic rings. The van der Waals surface area contributed by atoms with Gasteiger partial charge in [-0.3, -0.25) is 9.69 Å². The first-order valence-corrected chi connectivity index (χ1v) is 9.34. The average molecular weight is 414 g/mol. The van der Waals surface area contributed by atoms with E-state index in [0.717, 1.165) is 30.9 Å². The van der Waals surface area contributed by atoms with Gasteiger partial charge in [0.1, 0.15) is 0 Å². The molecule has 1 aliphatic rings. The van der Waals surface area contributed by atoms with E-state index in [0.29, 0.717) is 11.3 Å². The van der Waals surface area contributed by atoms with Crippen LogP contribution in [-0.2, 0) is 6.54 Å². The standard InChI is InChI=1S/C19H23N3OS.2ClH/c1-14-5-6-15(13-22-7-9-24-10-8-22)11-18(14)21-19(23)16-3-2-4-17(20)12-16;;/h2-6,11-12H,7-10,13,20H2,1H3,(H,21,23);2*1H. The van der Waals surface area contributed by atoms with E-state index < -0.39 is 0 Å². The first kappa shape index (κ1) is 22.6. The van der Waals surface area contributed by atoms with Gasteiger partial charge in [0, 0.05) is 48.1 Å². The van der Waals surface area contributed by atoms with Gasteiger partial charge in [-0.2, -0.15) is 11.8 Å². The van der Waals surface area contributed by atoms with Gasteiger partial charge in [-0.15, -0.1) is 24.8 Å². The third-order valence-corrected chi connectivity index (χ3v) is 5.15. The third kappa shape index (κ3) is 6.09. The van der Waals surface area contributed by atoms with Gasteiger partial charge in [0.05, 0.1) is 0 Å². The molecule has 0 saturated carbocycles. The number of hydrogen-bond donors (Lipinski definition) is 2. The van der Waals surface area contributed by atoms with Crippen LogP contribution in [0.25, 0.3) is 0 Å². The van der Waals surface area contributed by atoms with E-state index in [9.17, 15) is 4.79 Å². The van der Waals surface area contributed by atoms with Crippen LogP contribution in [0, 0.1) is 6.92 Å². The number of anilines is 2. The minimum Gasteiger partial charge on any atom is -0.399 e. The molecule has 0 unspecified atom stereocenters. The minimum atomic E-state index is -0.128. The molecule has 0 atom stereocenters. The van der Waals surface area contributed by atoms with Crippen molar-refractivity contribution in [2.75, 3.05) is 35.6 Å². The Labute approximate surface area is 171 Å². The molecule has 0 spiro atoms. The number of nitrogens with zero attached hydrogens (tertiary/aromatic N) is 1. The Morgan fingerprint density at radius 2 is 1.88 bits per heavy atom. The molecule has 1 fully saturated rings. The summed E-state index contributed by atoms with van der Waals surface area (Å²) in [6.07, 6.45) is 0. The number of aryl methyl sites for hydroxylation is 1. The summed E-state index contributed by atoms with van der Waals surface area (Å²) in [6, 6.07) is 13.3. The van der Waals surface area contributed by atoms with Gasteiger partial charge in [-0.05, 0) is 42.3 Å². The van der Waals surface area contributed by atoms with Crippen LogP contribution in [0.5, 0.6) is 0 Å². The summed E-state index contributed by atoms with van der Waals surface area (Å²) in [4.78, 5) is 14.9. The zero-order valence-corrected chi connectivity index (χ0v) is 17.2. The normalized spacial score (nSPS) is 14.0. The Morgan fingerprint density at radius 3 is 2.58 bits per heavy atom. The van der Waals surface area contributed by atoms with Crippen LogP contribution < -0.4 is 11.1 Å². The lowest BCUT2D eigenvalue weighted by Gasteiger charge is -2.26. The average Bonchev–Trinajstić information content (AvgIpc) is 2.59. The number of nitrogen functional groups attached to an aromatic ring is 1. The first-order valence-electron chi connectivity index (χ1n) is 8.18. The summed E-state index contributed by atoms with van der Waals surface area (Å²) in [6.45, 7) is 5.20. The largest absolute Gasteiger partial charge is 0.399 e. The molecule has 3 rings (SSSR count). The summed E-state index contributed by atoms with van der Waals surface area (Å²) in [5.41, 5.74) is 10.1. The molecular weight excluding hydrogens is 389 g/mol. The van der Waals surface area contributed by atoms with Crippen molar-refractivity contribution in [1.82, 2.24) is 4.90 Å². The van der Waals surface area contributed by atoms with E-state index in [1.165, 1.54) is 17.1 Å². The van der Waals surface area contributed by atoms with Gasteiger partial charge >= 0.3 is 0 Å². The lowest BCUT2D eigenvalue weighted by molar-refractivity contribution is 0.102. The Morgan fingerprint density at radius 1 is 1.15 bits per heavy atom. The van der Waals surface area contributed by atoms with Crippen LogP contribution in [0.3, 0.4) is 0 Å². The lowest BCUT2D eigenvalue weighted by Crippen LogP contribution is -2.32. The fraction of sp³-hybridized carbons (Fsp3) is 0.316. The van der Waals surface area contributed by atoms with Gasteiger partial charge in [0.2, 0.25) is 0 Å². The second-order valence-electron chi connectivity index (χ2n) is 6.12. The molecule has 1 aliphatic heterocycles. The summed E-state index contributed by atoms with van der Waals surface area (Å²) in [5, 5.41) is 3.01. The van der Waals surface area contributed by atoms with E-state index in [1.54, 1.807) is 24.3 Å². The van der Waals surface area contributed by atoms with E-state index in [-0.39, 0.29) is 30.7 Å². The first-order chi connectivity index (χ1) is 11.6. The van der Waals surface area contributed by atoms with Gasteiger partial charge in [-0.25, -0.2) is 0 Å². The molecule has 1 saturated heterocycles. The molecule has 2 aromatic carbocycles. The fourth-order valence-corrected chi connectivity index (χ4v) is 3.77. The monoisotopic (exact) mass is 413 g/mol. The zero-order valence-electron chi connectivity index (χ0n) is 14.7. The second kappa shape index (κ2) is 10.7. The molecule has 7 heteroatoms. The Balaban J connectivity index is 0.00000169. The maximum atomic E-state index is 12.4. The van der Waals surface area contributed by atoms with Crippen molar-refractivity contribution >= 4 is 53.9 Å². The van der Waals surface area contributed by atoms with Crippen molar-refractivity contribution in [1.29, 1.82) is 0 Å². The molecule has 0 aromatic heterocycles. The molecule has 26 heavy (non-hydrogen) atoms. The van der Waals surface area contributed by atoms with Gasteiger partial charge in [-0.1, -0.05) is 18.2 Å². The predicted octanol–water partition coefficient (Wildman–Crippen LogP) is 4.22. The van der Waals surface area contributed by atoms with E-state index in [4.69, 9.17) is 5.73 Å². The van der Waals surface area contributed by atoms with Crippen molar-refractivity contribution < 1.29 is 4.79 Å². The number of benzene rings is 2. The highest BCUT2D eigenvalue weighted by Gasteiger charge is 2.13. The number of nitrogens with two attached hydrogens (primary N) is 1.